The van der Waals surface area contributed by atoms with E-state index in [4.69, 9.17) is 0 Å². The molecule has 1 aliphatic heterocycles. The summed E-state index contributed by atoms with van der Waals surface area (Å²) in [4.78, 5) is 19.5. The highest BCUT2D eigenvalue weighted by Gasteiger charge is 2.24. The molecule has 0 aliphatic carbocycles. The number of benzene rings is 3. The number of aliphatic hydroxyl groups excluding tert-OH is 1. The maximum atomic E-state index is 13.1. The van der Waals surface area contributed by atoms with Crippen LogP contribution in [-0.4, -0.2) is 78.1 Å². The number of hydrogen-bond acceptors (Lipinski definition) is 4. The van der Waals surface area contributed by atoms with Crippen LogP contribution in [0.2, 0.25) is 0 Å². The number of aliphatic hydroxyl groups is 1. The van der Waals surface area contributed by atoms with E-state index in [1.165, 1.54) is 5.56 Å². The van der Waals surface area contributed by atoms with Crippen LogP contribution in [0.15, 0.2) is 72.8 Å². The van der Waals surface area contributed by atoms with Crippen LogP contribution in [-0.2, 0) is 6.54 Å². The molecule has 0 saturated carbocycles. The molecule has 1 N–H and O–H groups in total. The summed E-state index contributed by atoms with van der Waals surface area (Å²) in [5.74, 6) is 0.0968. The Morgan fingerprint density at radius 1 is 0.935 bits per heavy atom. The fourth-order valence-electron chi connectivity index (χ4n) is 4.39. The zero-order valence-electron chi connectivity index (χ0n) is 18.2. The predicted molar refractivity (Wildman–Crippen MR) is 125 cm³/mol. The molecule has 0 bridgehead atoms. The molecule has 1 atom stereocenters. The van der Waals surface area contributed by atoms with E-state index in [1.54, 1.807) is 0 Å². The first-order chi connectivity index (χ1) is 15.1. The van der Waals surface area contributed by atoms with E-state index in [-0.39, 0.29) is 5.91 Å². The molecule has 1 aliphatic rings. The minimum absolute atomic E-state index is 0.0968. The van der Waals surface area contributed by atoms with Gasteiger partial charge in [-0.3, -0.25) is 14.6 Å². The number of carbonyl (C=O) groups is 1. The average molecular weight is 418 g/mol. The highest BCUT2D eigenvalue weighted by molar-refractivity contribution is 6.07. The van der Waals surface area contributed by atoms with Gasteiger partial charge in [-0.25, -0.2) is 0 Å². The van der Waals surface area contributed by atoms with Crippen molar-refractivity contribution < 1.29 is 9.90 Å². The minimum atomic E-state index is -0.408. The van der Waals surface area contributed by atoms with Crippen molar-refractivity contribution in [2.45, 2.75) is 12.6 Å². The summed E-state index contributed by atoms with van der Waals surface area (Å²) in [5.41, 5.74) is 2.02. The lowest BCUT2D eigenvalue weighted by Gasteiger charge is -2.36. The van der Waals surface area contributed by atoms with Crippen LogP contribution in [0.4, 0.5) is 0 Å². The summed E-state index contributed by atoms with van der Waals surface area (Å²) in [7, 11) is 2.04. The van der Waals surface area contributed by atoms with Crippen molar-refractivity contribution in [3.63, 3.8) is 0 Å². The van der Waals surface area contributed by atoms with Gasteiger partial charge in [0.05, 0.1) is 6.10 Å². The third kappa shape index (κ3) is 5.50. The van der Waals surface area contributed by atoms with Gasteiger partial charge in [0, 0.05) is 51.4 Å². The molecule has 5 nitrogen and oxygen atoms in total. The van der Waals surface area contributed by atoms with Crippen molar-refractivity contribution in [1.29, 1.82) is 0 Å². The normalized spacial score (nSPS) is 16.0. The van der Waals surface area contributed by atoms with Gasteiger partial charge in [0.1, 0.15) is 0 Å². The number of rotatable bonds is 7. The van der Waals surface area contributed by atoms with Crippen LogP contribution >= 0.6 is 0 Å². The van der Waals surface area contributed by atoms with Crippen molar-refractivity contribution in [1.82, 2.24) is 14.7 Å². The van der Waals surface area contributed by atoms with E-state index in [2.05, 4.69) is 21.9 Å². The minimum Gasteiger partial charge on any atom is -0.390 e. The first kappa shape index (κ1) is 21.5. The topological polar surface area (TPSA) is 47.0 Å². The van der Waals surface area contributed by atoms with Gasteiger partial charge >= 0.3 is 0 Å². The van der Waals surface area contributed by atoms with Gasteiger partial charge in [-0.05, 0) is 29.4 Å². The Labute approximate surface area is 184 Å². The third-order valence-electron chi connectivity index (χ3n) is 5.97. The average Bonchev–Trinajstić information content (AvgIpc) is 2.79. The molecule has 1 saturated heterocycles. The molecule has 31 heavy (non-hydrogen) atoms. The second kappa shape index (κ2) is 10.1. The SMILES string of the molecule is CN(Cc1ccccc1)C[C@@H](O)CN1CCN(C(=O)c2cccc3ccccc23)CC1. The van der Waals surface area contributed by atoms with Crippen LogP contribution in [0.1, 0.15) is 15.9 Å². The molecule has 162 valence electrons. The number of amides is 1. The lowest BCUT2D eigenvalue weighted by molar-refractivity contribution is 0.0454. The van der Waals surface area contributed by atoms with E-state index in [9.17, 15) is 9.90 Å². The number of fused-ring (bicyclic) bond motifs is 1. The zero-order chi connectivity index (χ0) is 21.6. The van der Waals surface area contributed by atoms with E-state index < -0.39 is 6.10 Å². The Kier molecular flexibility index (Phi) is 6.97. The van der Waals surface area contributed by atoms with Gasteiger partial charge in [-0.2, -0.15) is 0 Å². The molecule has 1 fully saturated rings. The number of carbonyl (C=O) groups excluding carboxylic acids is 1. The molecule has 1 heterocycles. The molecule has 0 spiro atoms. The first-order valence-corrected chi connectivity index (χ1v) is 11.0. The molecule has 1 amide bonds. The van der Waals surface area contributed by atoms with Crippen molar-refractivity contribution in [2.75, 3.05) is 46.3 Å². The lowest BCUT2D eigenvalue weighted by atomic mass is 10.0. The largest absolute Gasteiger partial charge is 0.390 e. The summed E-state index contributed by atoms with van der Waals surface area (Å²) in [6.45, 7) is 5.04. The quantitative estimate of drug-likeness (QED) is 0.642. The van der Waals surface area contributed by atoms with Gasteiger partial charge in [-0.15, -0.1) is 0 Å². The van der Waals surface area contributed by atoms with Gasteiger partial charge < -0.3 is 10.0 Å². The Balaban J connectivity index is 1.27. The molecule has 0 unspecified atom stereocenters. The molecule has 4 rings (SSSR count). The van der Waals surface area contributed by atoms with Gasteiger partial charge in [0.15, 0.2) is 0 Å². The molecule has 0 aromatic heterocycles. The first-order valence-electron chi connectivity index (χ1n) is 11.0. The number of nitrogens with zero attached hydrogens (tertiary/aromatic N) is 3. The Morgan fingerprint density at radius 2 is 1.61 bits per heavy atom. The number of likely N-dealkylation sites (N-methyl/N-ethyl adjacent to an activating group) is 1. The highest BCUT2D eigenvalue weighted by Crippen LogP contribution is 2.20. The Hall–Kier alpha value is -2.73. The molecular weight excluding hydrogens is 386 g/mol. The Bertz CT molecular complexity index is 994. The van der Waals surface area contributed by atoms with Crippen LogP contribution in [0.5, 0.6) is 0 Å². The van der Waals surface area contributed by atoms with Gasteiger partial charge in [-0.1, -0.05) is 66.7 Å². The predicted octanol–water partition coefficient (Wildman–Crippen LogP) is 3.09. The third-order valence-corrected chi connectivity index (χ3v) is 5.97. The second-order valence-electron chi connectivity index (χ2n) is 8.46. The van der Waals surface area contributed by atoms with Crippen LogP contribution in [0.25, 0.3) is 10.8 Å². The van der Waals surface area contributed by atoms with Crippen molar-refractivity contribution in [2.24, 2.45) is 0 Å². The fraction of sp³-hybridized carbons (Fsp3) is 0.346. The van der Waals surface area contributed by atoms with Crippen LogP contribution < -0.4 is 0 Å². The smallest absolute Gasteiger partial charge is 0.254 e. The van der Waals surface area contributed by atoms with Crippen molar-refractivity contribution >= 4 is 16.7 Å². The summed E-state index contributed by atoms with van der Waals surface area (Å²) in [5, 5.41) is 12.7. The fourth-order valence-corrected chi connectivity index (χ4v) is 4.39. The van der Waals surface area contributed by atoms with Gasteiger partial charge in [0.2, 0.25) is 0 Å². The number of hydrogen-bond donors (Lipinski definition) is 1. The number of β-amino-alcohol motifs (C(OH)–C–C–N with tert-alkyl or cyclic N) is 1. The van der Waals surface area contributed by atoms with Crippen molar-refractivity contribution in [3.8, 4) is 0 Å². The monoisotopic (exact) mass is 417 g/mol. The standard InChI is InChI=1S/C26H31N3O2/c1-27(18-21-8-3-2-4-9-21)19-23(30)20-28-14-16-29(17-15-28)26(31)25-13-7-11-22-10-5-6-12-24(22)25/h2-13,23,30H,14-20H2,1H3/t23-/m1/s1. The number of piperazine rings is 1. The molecule has 3 aromatic carbocycles. The summed E-state index contributed by atoms with van der Waals surface area (Å²) >= 11 is 0. The summed E-state index contributed by atoms with van der Waals surface area (Å²) in [6.07, 6.45) is -0.408. The van der Waals surface area contributed by atoms with E-state index in [0.29, 0.717) is 26.2 Å². The second-order valence-corrected chi connectivity index (χ2v) is 8.46. The zero-order valence-corrected chi connectivity index (χ0v) is 18.2. The molecule has 0 radical (unpaired) electrons. The summed E-state index contributed by atoms with van der Waals surface area (Å²) < 4.78 is 0. The maximum absolute atomic E-state index is 13.1. The van der Waals surface area contributed by atoms with Crippen molar-refractivity contribution in [3.05, 3.63) is 83.9 Å². The maximum Gasteiger partial charge on any atom is 0.254 e. The molecule has 3 aromatic rings. The van der Waals surface area contributed by atoms with E-state index in [0.717, 1.165) is 36.0 Å². The van der Waals surface area contributed by atoms with E-state index in [1.807, 2.05) is 72.6 Å². The highest BCUT2D eigenvalue weighted by atomic mass is 16.3. The summed E-state index contributed by atoms with van der Waals surface area (Å²) in [6, 6.07) is 24.3. The lowest BCUT2D eigenvalue weighted by Crippen LogP contribution is -2.51. The van der Waals surface area contributed by atoms with E-state index >= 15 is 0 Å². The molecule has 5 heteroatoms. The van der Waals surface area contributed by atoms with Gasteiger partial charge in [0.25, 0.3) is 5.91 Å². The van der Waals surface area contributed by atoms with Crippen LogP contribution in [0, 0.1) is 0 Å². The van der Waals surface area contributed by atoms with Crippen LogP contribution in [0.3, 0.4) is 0 Å². The Morgan fingerprint density at radius 3 is 2.39 bits per heavy atom. The molecular formula is C26H31N3O2.